The van der Waals surface area contributed by atoms with Gasteiger partial charge >= 0.3 is 5.97 Å². The van der Waals surface area contributed by atoms with Crippen molar-refractivity contribution in [3.05, 3.63) is 57.5 Å². The van der Waals surface area contributed by atoms with Gasteiger partial charge in [-0.2, -0.15) is 5.10 Å². The number of thioether (sulfide) groups is 1. The Balaban J connectivity index is 1.81. The summed E-state index contributed by atoms with van der Waals surface area (Å²) in [6.07, 6.45) is 1.16. The van der Waals surface area contributed by atoms with E-state index >= 15 is 0 Å². The highest BCUT2D eigenvalue weighted by Crippen LogP contribution is 2.36. The number of ether oxygens (including phenoxy) is 1. The zero-order chi connectivity index (χ0) is 20.1. The van der Waals surface area contributed by atoms with Crippen LogP contribution in [0.2, 0.25) is 5.02 Å². The number of nitrogens with zero attached hydrogens (tertiary/aromatic N) is 2. The van der Waals surface area contributed by atoms with Gasteiger partial charge in [-0.05, 0) is 40.2 Å². The van der Waals surface area contributed by atoms with Crippen molar-refractivity contribution in [1.82, 2.24) is 5.32 Å². The molecule has 1 atom stereocenters. The van der Waals surface area contributed by atoms with Gasteiger partial charge in [0.05, 0.1) is 23.2 Å². The predicted molar refractivity (Wildman–Crippen MR) is 112 cm³/mol. The SMILES string of the molecule is O=C(O)CC1SC(=NN=Cc2c(Br)ccc(Cl)c2Oc2ccccc2)NC1=O. The average molecular weight is 483 g/mol. The summed E-state index contributed by atoms with van der Waals surface area (Å²) in [4.78, 5) is 22.5. The van der Waals surface area contributed by atoms with Gasteiger partial charge in [0, 0.05) is 4.47 Å². The first-order chi connectivity index (χ1) is 13.4. The Kier molecular flexibility index (Phi) is 6.71. The number of amidine groups is 1. The number of halogens is 2. The first kappa shape index (κ1) is 20.4. The van der Waals surface area contributed by atoms with E-state index < -0.39 is 17.1 Å². The number of carboxylic acid groups (broad SMARTS) is 1. The highest BCUT2D eigenvalue weighted by molar-refractivity contribution is 9.10. The van der Waals surface area contributed by atoms with E-state index in [0.717, 1.165) is 11.8 Å². The lowest BCUT2D eigenvalue weighted by atomic mass is 10.2. The van der Waals surface area contributed by atoms with Crippen molar-refractivity contribution in [2.24, 2.45) is 10.2 Å². The molecule has 1 unspecified atom stereocenters. The highest BCUT2D eigenvalue weighted by Gasteiger charge is 2.32. The van der Waals surface area contributed by atoms with E-state index in [1.54, 1.807) is 24.3 Å². The minimum absolute atomic E-state index is 0.233. The Bertz CT molecular complexity index is 969. The first-order valence-corrected chi connectivity index (χ1v) is 10.0. The standard InChI is InChI=1S/C18H13BrClN3O4S/c19-12-6-7-13(20)16(27-10-4-2-1-3-5-10)11(12)9-21-23-18-22-17(26)14(28-18)8-15(24)25/h1-7,9,14H,8H2,(H,24,25)(H,22,23,26). The lowest BCUT2D eigenvalue weighted by molar-refractivity contribution is -0.138. The van der Waals surface area contributed by atoms with Crippen LogP contribution >= 0.6 is 39.3 Å². The van der Waals surface area contributed by atoms with Crippen LogP contribution in [0.3, 0.4) is 0 Å². The van der Waals surface area contributed by atoms with Gasteiger partial charge in [-0.15, -0.1) is 5.10 Å². The fourth-order valence-electron chi connectivity index (χ4n) is 2.26. The maximum Gasteiger partial charge on any atom is 0.305 e. The molecule has 1 heterocycles. The molecular weight excluding hydrogens is 470 g/mol. The van der Waals surface area contributed by atoms with Gasteiger partial charge in [0.25, 0.3) is 0 Å². The molecule has 0 radical (unpaired) electrons. The van der Waals surface area contributed by atoms with Crippen molar-refractivity contribution in [1.29, 1.82) is 0 Å². The van der Waals surface area contributed by atoms with Gasteiger partial charge in [0.1, 0.15) is 11.0 Å². The number of benzene rings is 2. The van der Waals surface area contributed by atoms with E-state index in [9.17, 15) is 9.59 Å². The molecule has 1 amide bonds. The number of hydrogen-bond acceptors (Lipinski definition) is 6. The number of rotatable bonds is 6. The van der Waals surface area contributed by atoms with Crippen molar-refractivity contribution in [3.63, 3.8) is 0 Å². The van der Waals surface area contributed by atoms with Crippen LogP contribution < -0.4 is 10.1 Å². The van der Waals surface area contributed by atoms with Crippen LogP contribution in [0.4, 0.5) is 0 Å². The van der Waals surface area contributed by atoms with E-state index in [4.69, 9.17) is 21.4 Å². The molecule has 2 aromatic carbocycles. The van der Waals surface area contributed by atoms with Gasteiger partial charge in [-0.3, -0.25) is 9.59 Å². The third-order valence-corrected chi connectivity index (χ3v) is 5.59. The van der Waals surface area contributed by atoms with Crippen LogP contribution in [0.5, 0.6) is 11.5 Å². The third kappa shape index (κ3) is 5.12. The lowest BCUT2D eigenvalue weighted by Crippen LogP contribution is -2.26. The lowest BCUT2D eigenvalue weighted by Gasteiger charge is -2.11. The van der Waals surface area contributed by atoms with Crippen LogP contribution in [0, 0.1) is 0 Å². The second-order valence-electron chi connectivity index (χ2n) is 5.53. The molecule has 1 fully saturated rings. The van der Waals surface area contributed by atoms with E-state index in [2.05, 4.69) is 31.4 Å². The fraction of sp³-hybridized carbons (Fsp3) is 0.111. The Hall–Kier alpha value is -2.36. The number of carbonyl (C=O) groups is 2. The summed E-state index contributed by atoms with van der Waals surface area (Å²) in [7, 11) is 0. The molecular formula is C18H13BrClN3O4S. The summed E-state index contributed by atoms with van der Waals surface area (Å²) < 4.78 is 6.57. The van der Waals surface area contributed by atoms with Crippen molar-refractivity contribution in [3.8, 4) is 11.5 Å². The number of carbonyl (C=O) groups excluding carboxylic acids is 1. The van der Waals surface area contributed by atoms with E-state index in [1.807, 2.05) is 18.2 Å². The molecule has 1 saturated heterocycles. The van der Waals surface area contributed by atoms with Gasteiger partial charge in [-0.25, -0.2) is 0 Å². The Morgan fingerprint density at radius 1 is 1.32 bits per heavy atom. The maximum absolute atomic E-state index is 11.7. The maximum atomic E-state index is 11.7. The van der Waals surface area contributed by atoms with E-state index in [0.29, 0.717) is 26.6 Å². The summed E-state index contributed by atoms with van der Waals surface area (Å²) in [5.74, 6) is -0.446. The minimum Gasteiger partial charge on any atom is -0.481 e. The van der Waals surface area contributed by atoms with Crippen LogP contribution in [0.1, 0.15) is 12.0 Å². The molecule has 1 aliphatic heterocycles. The number of hydrogen-bond donors (Lipinski definition) is 2. The largest absolute Gasteiger partial charge is 0.481 e. The zero-order valence-corrected chi connectivity index (χ0v) is 17.3. The average Bonchev–Trinajstić information content (AvgIpc) is 3.00. The molecule has 1 aliphatic rings. The smallest absolute Gasteiger partial charge is 0.305 e. The van der Waals surface area contributed by atoms with Crippen molar-refractivity contribution >= 4 is 62.6 Å². The summed E-state index contributed by atoms with van der Waals surface area (Å²) in [5, 5.41) is 19.2. The quantitative estimate of drug-likeness (QED) is 0.472. The molecule has 10 heteroatoms. The molecule has 0 aliphatic carbocycles. The molecule has 28 heavy (non-hydrogen) atoms. The minimum atomic E-state index is -1.05. The van der Waals surface area contributed by atoms with Crippen LogP contribution in [0.25, 0.3) is 0 Å². The Labute approximate surface area is 178 Å². The predicted octanol–water partition coefficient (Wildman–Crippen LogP) is 4.29. The van der Waals surface area contributed by atoms with Gasteiger partial charge in [0.2, 0.25) is 5.91 Å². The topological polar surface area (TPSA) is 100 Å². The van der Waals surface area contributed by atoms with E-state index in [1.165, 1.54) is 6.21 Å². The number of aliphatic carboxylic acids is 1. The molecule has 3 rings (SSSR count). The summed E-state index contributed by atoms with van der Waals surface area (Å²) in [6.45, 7) is 0. The number of para-hydroxylation sites is 1. The molecule has 2 N–H and O–H groups in total. The molecule has 0 spiro atoms. The Morgan fingerprint density at radius 3 is 2.79 bits per heavy atom. The molecule has 7 nitrogen and oxygen atoms in total. The van der Waals surface area contributed by atoms with Crippen LogP contribution in [-0.4, -0.2) is 33.6 Å². The second kappa shape index (κ2) is 9.22. The van der Waals surface area contributed by atoms with Crippen LogP contribution in [-0.2, 0) is 9.59 Å². The van der Waals surface area contributed by atoms with Crippen molar-refractivity contribution < 1.29 is 19.4 Å². The number of nitrogens with one attached hydrogen (secondary N) is 1. The highest BCUT2D eigenvalue weighted by atomic mass is 79.9. The normalized spacial score (nSPS) is 17.9. The second-order valence-corrected chi connectivity index (χ2v) is 7.98. The molecule has 2 aromatic rings. The summed E-state index contributed by atoms with van der Waals surface area (Å²) in [6, 6.07) is 12.6. The zero-order valence-electron chi connectivity index (χ0n) is 14.1. The van der Waals surface area contributed by atoms with Gasteiger partial charge in [0.15, 0.2) is 10.9 Å². The van der Waals surface area contributed by atoms with Crippen LogP contribution in [0.15, 0.2) is 57.1 Å². The van der Waals surface area contributed by atoms with Crippen molar-refractivity contribution in [2.45, 2.75) is 11.7 Å². The van der Waals surface area contributed by atoms with Crippen molar-refractivity contribution in [2.75, 3.05) is 0 Å². The number of carboxylic acids is 1. The molecule has 144 valence electrons. The Morgan fingerprint density at radius 2 is 2.07 bits per heavy atom. The summed E-state index contributed by atoms with van der Waals surface area (Å²) >= 11 is 10.7. The van der Waals surface area contributed by atoms with Gasteiger partial charge in [-0.1, -0.05) is 41.6 Å². The molecule has 0 saturated carbocycles. The first-order valence-electron chi connectivity index (χ1n) is 7.95. The third-order valence-electron chi connectivity index (χ3n) is 3.53. The number of amides is 1. The fourth-order valence-corrected chi connectivity index (χ4v) is 3.80. The van der Waals surface area contributed by atoms with Gasteiger partial charge < -0.3 is 15.2 Å². The monoisotopic (exact) mass is 481 g/mol. The van der Waals surface area contributed by atoms with E-state index in [-0.39, 0.29) is 11.6 Å². The molecule has 0 bridgehead atoms. The molecule has 0 aromatic heterocycles. The summed E-state index contributed by atoms with van der Waals surface area (Å²) in [5.41, 5.74) is 0.567.